The second-order valence-corrected chi connectivity index (χ2v) is 4.79. The normalized spacial score (nSPS) is 14.5. The van der Waals surface area contributed by atoms with E-state index >= 15 is 0 Å². The largest absolute Gasteiger partial charge is 0.346 e. The average molecular weight is 233 g/mol. The molecule has 3 rings (SSSR count). The quantitative estimate of drug-likeness (QED) is 0.709. The molecule has 0 saturated carbocycles. The van der Waals surface area contributed by atoms with Crippen molar-refractivity contribution in [1.82, 2.24) is 4.98 Å². The maximum Gasteiger partial charge on any atom is 0.220 e. The van der Waals surface area contributed by atoms with Gasteiger partial charge in [-0.25, -0.2) is 0 Å². The smallest absolute Gasteiger partial charge is 0.220 e. The Morgan fingerprint density at radius 1 is 1.33 bits per heavy atom. The van der Waals surface area contributed by atoms with E-state index in [-0.39, 0.29) is 5.12 Å². The molecular weight excluding hydrogens is 226 g/mol. The first-order valence-corrected chi connectivity index (χ1v) is 5.98. The van der Waals surface area contributed by atoms with E-state index in [1.807, 2.05) is 24.3 Å². The highest BCUT2D eigenvalue weighted by Crippen LogP contribution is 2.34. The van der Waals surface area contributed by atoms with Gasteiger partial charge in [-0.05, 0) is 6.07 Å². The molecule has 0 amide bonds. The number of aromatic nitrogens is 1. The van der Waals surface area contributed by atoms with Gasteiger partial charge in [0.15, 0.2) is 0 Å². The minimum atomic E-state index is 0.140. The first-order chi connectivity index (χ1) is 7.27. The van der Waals surface area contributed by atoms with Crippen LogP contribution in [0, 0.1) is 4.64 Å². The fourth-order valence-corrected chi connectivity index (χ4v) is 3.18. The molecule has 74 valence electrons. The number of hydrogen-bond acceptors (Lipinski definition) is 3. The molecule has 2 heterocycles. The SMILES string of the molecule is O=C1SCc2c1c1ccccc1[nH]c2=S. The molecule has 1 aromatic carbocycles. The molecule has 0 fully saturated rings. The summed E-state index contributed by atoms with van der Waals surface area (Å²) in [6.07, 6.45) is 0. The van der Waals surface area contributed by atoms with Crippen molar-refractivity contribution in [3.8, 4) is 0 Å². The molecule has 1 aliphatic heterocycles. The molecule has 1 N–H and O–H groups in total. The van der Waals surface area contributed by atoms with Crippen molar-refractivity contribution >= 4 is 40.0 Å². The van der Waals surface area contributed by atoms with Crippen molar-refractivity contribution in [2.45, 2.75) is 5.75 Å². The monoisotopic (exact) mass is 233 g/mol. The van der Waals surface area contributed by atoms with Crippen molar-refractivity contribution in [1.29, 1.82) is 0 Å². The van der Waals surface area contributed by atoms with Gasteiger partial charge in [0.1, 0.15) is 4.64 Å². The lowest BCUT2D eigenvalue weighted by Crippen LogP contribution is -1.94. The van der Waals surface area contributed by atoms with Gasteiger partial charge in [-0.1, -0.05) is 42.2 Å². The van der Waals surface area contributed by atoms with Crippen LogP contribution in [0.25, 0.3) is 10.9 Å². The number of carbonyl (C=O) groups is 1. The van der Waals surface area contributed by atoms with Gasteiger partial charge in [0, 0.05) is 27.8 Å². The van der Waals surface area contributed by atoms with Gasteiger partial charge in [0.25, 0.3) is 0 Å². The zero-order chi connectivity index (χ0) is 10.4. The van der Waals surface area contributed by atoms with E-state index in [4.69, 9.17) is 12.2 Å². The topological polar surface area (TPSA) is 32.9 Å². The zero-order valence-corrected chi connectivity index (χ0v) is 9.37. The van der Waals surface area contributed by atoms with Crippen molar-refractivity contribution < 1.29 is 4.79 Å². The van der Waals surface area contributed by atoms with Gasteiger partial charge in [-0.3, -0.25) is 4.79 Å². The van der Waals surface area contributed by atoms with E-state index in [1.54, 1.807) is 0 Å². The van der Waals surface area contributed by atoms with E-state index in [0.29, 0.717) is 10.4 Å². The fraction of sp³-hybridized carbons (Fsp3) is 0.0909. The van der Waals surface area contributed by atoms with Crippen molar-refractivity contribution in [2.75, 3.05) is 0 Å². The standard InChI is InChI=1S/C11H7NOS2/c13-11-9-6-3-1-2-4-8(6)12-10(14)7(9)5-15-11/h1-4H,5H2,(H,12,14). The number of pyridine rings is 1. The summed E-state index contributed by atoms with van der Waals surface area (Å²) < 4.78 is 0.696. The van der Waals surface area contributed by atoms with Crippen LogP contribution in [0.15, 0.2) is 24.3 Å². The summed E-state index contributed by atoms with van der Waals surface area (Å²) in [7, 11) is 0. The van der Waals surface area contributed by atoms with E-state index in [2.05, 4.69) is 4.98 Å². The van der Waals surface area contributed by atoms with Gasteiger partial charge in [0.05, 0.1) is 0 Å². The number of rotatable bonds is 0. The van der Waals surface area contributed by atoms with Crippen LogP contribution in [0.2, 0.25) is 0 Å². The molecule has 1 aliphatic rings. The molecule has 0 saturated heterocycles. The van der Waals surface area contributed by atoms with Crippen molar-refractivity contribution in [3.63, 3.8) is 0 Å². The van der Waals surface area contributed by atoms with Crippen LogP contribution < -0.4 is 0 Å². The Kier molecular flexibility index (Phi) is 1.94. The Balaban J connectivity index is 2.56. The Hall–Kier alpha value is -1.13. The number of para-hydroxylation sites is 1. The summed E-state index contributed by atoms with van der Waals surface area (Å²) in [4.78, 5) is 14.9. The molecule has 0 spiro atoms. The summed E-state index contributed by atoms with van der Waals surface area (Å²) in [6.45, 7) is 0. The number of H-pyrrole nitrogens is 1. The molecule has 4 heteroatoms. The minimum absolute atomic E-state index is 0.140. The third-order valence-electron chi connectivity index (χ3n) is 2.57. The number of fused-ring (bicyclic) bond motifs is 3. The van der Waals surface area contributed by atoms with Crippen LogP contribution in [0.1, 0.15) is 15.9 Å². The van der Waals surface area contributed by atoms with Crippen LogP contribution in [0.5, 0.6) is 0 Å². The Morgan fingerprint density at radius 2 is 2.13 bits per heavy atom. The number of thioether (sulfide) groups is 1. The summed E-state index contributed by atoms with van der Waals surface area (Å²) in [5.41, 5.74) is 2.73. The summed E-state index contributed by atoms with van der Waals surface area (Å²) in [6, 6.07) is 7.78. The summed E-state index contributed by atoms with van der Waals surface area (Å²) in [5.74, 6) is 0.703. The molecule has 0 bridgehead atoms. The number of benzene rings is 1. The molecule has 2 aromatic rings. The minimum Gasteiger partial charge on any atom is -0.346 e. The highest BCUT2D eigenvalue weighted by Gasteiger charge is 2.24. The highest BCUT2D eigenvalue weighted by molar-refractivity contribution is 8.14. The third kappa shape index (κ3) is 1.25. The average Bonchev–Trinajstić information content (AvgIpc) is 2.62. The van der Waals surface area contributed by atoms with Crippen molar-refractivity contribution in [3.05, 3.63) is 40.0 Å². The van der Waals surface area contributed by atoms with Gasteiger partial charge >= 0.3 is 0 Å². The Bertz CT molecular complexity index is 630. The molecule has 0 aliphatic carbocycles. The van der Waals surface area contributed by atoms with Gasteiger partial charge in [-0.15, -0.1) is 0 Å². The van der Waals surface area contributed by atoms with E-state index in [1.165, 1.54) is 11.8 Å². The molecule has 2 nitrogen and oxygen atoms in total. The first kappa shape index (κ1) is 9.12. The second kappa shape index (κ2) is 3.18. The highest BCUT2D eigenvalue weighted by atomic mass is 32.2. The van der Waals surface area contributed by atoms with E-state index in [0.717, 1.165) is 22.0 Å². The van der Waals surface area contributed by atoms with Crippen LogP contribution in [-0.4, -0.2) is 10.1 Å². The Morgan fingerprint density at radius 3 is 3.00 bits per heavy atom. The van der Waals surface area contributed by atoms with Crippen molar-refractivity contribution in [2.24, 2.45) is 0 Å². The summed E-state index contributed by atoms with van der Waals surface area (Å²) >= 11 is 6.57. The zero-order valence-electron chi connectivity index (χ0n) is 7.74. The lowest BCUT2D eigenvalue weighted by molar-refractivity contribution is 0.109. The molecule has 0 radical (unpaired) electrons. The number of hydrogen-bond donors (Lipinski definition) is 1. The second-order valence-electron chi connectivity index (χ2n) is 3.43. The van der Waals surface area contributed by atoms with Crippen LogP contribution >= 0.6 is 24.0 Å². The van der Waals surface area contributed by atoms with E-state index < -0.39 is 0 Å². The molecule has 0 atom stereocenters. The van der Waals surface area contributed by atoms with Crippen LogP contribution in [-0.2, 0) is 5.75 Å². The van der Waals surface area contributed by atoms with Gasteiger partial charge in [-0.2, -0.15) is 0 Å². The van der Waals surface area contributed by atoms with Crippen LogP contribution in [0.3, 0.4) is 0 Å². The van der Waals surface area contributed by atoms with Crippen LogP contribution in [0.4, 0.5) is 0 Å². The lowest BCUT2D eigenvalue weighted by atomic mass is 10.1. The molecule has 15 heavy (non-hydrogen) atoms. The molecule has 1 aromatic heterocycles. The van der Waals surface area contributed by atoms with Gasteiger partial charge in [0.2, 0.25) is 5.12 Å². The Labute approximate surface area is 95.7 Å². The van der Waals surface area contributed by atoms with Gasteiger partial charge < -0.3 is 4.98 Å². The van der Waals surface area contributed by atoms with E-state index in [9.17, 15) is 4.79 Å². The third-order valence-corrected chi connectivity index (χ3v) is 3.82. The first-order valence-electron chi connectivity index (χ1n) is 4.58. The maximum atomic E-state index is 11.7. The lowest BCUT2D eigenvalue weighted by Gasteiger charge is -2.03. The predicted octanol–water partition coefficient (Wildman–Crippen LogP) is 3.28. The summed E-state index contributed by atoms with van der Waals surface area (Å²) in [5, 5.41) is 1.12. The molecule has 0 unspecified atom stereocenters. The fourth-order valence-electron chi connectivity index (χ4n) is 1.86. The number of carbonyl (C=O) groups excluding carboxylic acids is 1. The number of nitrogens with one attached hydrogen (secondary N) is 1. The number of aromatic amines is 1. The predicted molar refractivity (Wildman–Crippen MR) is 64.8 cm³/mol. The molecular formula is C11H7NOS2. The maximum absolute atomic E-state index is 11.7.